The number of ether oxygens (including phenoxy) is 1. The number of pyridine rings is 1. The van der Waals surface area contributed by atoms with Gasteiger partial charge in [0.05, 0.1) is 15.0 Å². The number of para-hydroxylation sites is 1. The van der Waals surface area contributed by atoms with Gasteiger partial charge in [0.25, 0.3) is 17.4 Å². The zero-order chi connectivity index (χ0) is 26.0. The van der Waals surface area contributed by atoms with Gasteiger partial charge < -0.3 is 19.9 Å². The molecule has 4 aromatic rings. The average molecular weight is 500 g/mol. The van der Waals surface area contributed by atoms with E-state index in [1.54, 1.807) is 37.5 Å². The van der Waals surface area contributed by atoms with E-state index >= 15 is 0 Å². The Labute approximate surface area is 212 Å². The van der Waals surface area contributed by atoms with Crippen LogP contribution in [-0.2, 0) is 11.8 Å². The van der Waals surface area contributed by atoms with Crippen molar-refractivity contribution in [1.29, 1.82) is 0 Å². The minimum Gasteiger partial charge on any atom is -0.456 e. The largest absolute Gasteiger partial charge is 0.456 e. The Kier molecular flexibility index (Phi) is 6.95. The first-order chi connectivity index (χ1) is 17.2. The van der Waals surface area contributed by atoms with E-state index in [1.165, 1.54) is 15.9 Å². The van der Waals surface area contributed by atoms with Crippen molar-refractivity contribution in [3.63, 3.8) is 0 Å². The number of rotatable bonds is 6. The molecule has 4 rings (SSSR count). The molecule has 0 atom stereocenters. The zero-order valence-electron chi connectivity index (χ0n) is 20.4. The van der Waals surface area contributed by atoms with Crippen LogP contribution in [0, 0.1) is 26.2 Å². The summed E-state index contributed by atoms with van der Waals surface area (Å²) in [5, 5.41) is 5.88. The SMILES string of the molecule is C#CC(=O)Nc1ccc(Oc2c(C)cccc2C)c(-c2cn(C)c(=O)c3cc(C(=O)NCC)sc23)c1. The Morgan fingerprint density at radius 2 is 1.83 bits per heavy atom. The number of benzene rings is 2. The van der Waals surface area contributed by atoms with Gasteiger partial charge in [-0.1, -0.05) is 18.2 Å². The molecule has 0 unspecified atom stereocenters. The van der Waals surface area contributed by atoms with Crippen molar-refractivity contribution >= 4 is 38.9 Å². The van der Waals surface area contributed by atoms with Crippen molar-refractivity contribution in [3.8, 4) is 35.0 Å². The number of terminal acetylenes is 1. The molecule has 182 valence electrons. The maximum atomic E-state index is 12.9. The topological polar surface area (TPSA) is 89.4 Å². The molecule has 0 aliphatic rings. The molecule has 0 aliphatic carbocycles. The molecule has 0 fully saturated rings. The molecule has 2 heterocycles. The predicted molar refractivity (Wildman–Crippen MR) is 144 cm³/mol. The fourth-order valence-electron chi connectivity index (χ4n) is 3.95. The Morgan fingerprint density at radius 1 is 1.11 bits per heavy atom. The second-order valence-corrected chi connectivity index (χ2v) is 9.36. The molecule has 0 bridgehead atoms. The van der Waals surface area contributed by atoms with Gasteiger partial charge in [0.2, 0.25) is 0 Å². The normalized spacial score (nSPS) is 10.6. The lowest BCUT2D eigenvalue weighted by molar-refractivity contribution is -0.111. The van der Waals surface area contributed by atoms with Gasteiger partial charge in [0.15, 0.2) is 0 Å². The number of nitrogens with one attached hydrogen (secondary N) is 2. The number of amides is 2. The standard InChI is InChI=1S/C28H25N3O4S/c1-6-24(32)30-18-11-12-22(35-25-16(3)9-8-10-17(25)4)19(13-18)21-15-31(5)28(34)20-14-23(36-26(20)21)27(33)29-7-2/h1,8-15H,7H2,2-5H3,(H,29,33)(H,30,32). The molecule has 7 nitrogen and oxygen atoms in total. The number of anilines is 1. The summed E-state index contributed by atoms with van der Waals surface area (Å²) in [6, 6.07) is 12.7. The lowest BCUT2D eigenvalue weighted by Crippen LogP contribution is -2.21. The number of thiophene rings is 1. The molecule has 0 saturated carbocycles. The number of hydrogen-bond acceptors (Lipinski definition) is 5. The molecule has 0 aliphatic heterocycles. The predicted octanol–water partition coefficient (Wildman–Crippen LogP) is 5.00. The smallest absolute Gasteiger partial charge is 0.300 e. The third kappa shape index (κ3) is 4.74. The summed E-state index contributed by atoms with van der Waals surface area (Å²) in [4.78, 5) is 37.8. The highest BCUT2D eigenvalue weighted by atomic mass is 32.1. The van der Waals surface area contributed by atoms with Crippen molar-refractivity contribution in [3.05, 3.63) is 75.0 Å². The fraction of sp³-hybridized carbons (Fsp3) is 0.179. The van der Waals surface area contributed by atoms with Crippen molar-refractivity contribution in [2.75, 3.05) is 11.9 Å². The van der Waals surface area contributed by atoms with Crippen molar-refractivity contribution < 1.29 is 14.3 Å². The number of hydrogen-bond donors (Lipinski definition) is 2. The molecular formula is C28H25N3O4S. The first kappa shape index (κ1) is 24.8. The van der Waals surface area contributed by atoms with Gasteiger partial charge in [0, 0.05) is 36.6 Å². The minimum absolute atomic E-state index is 0.213. The number of fused-ring (bicyclic) bond motifs is 1. The van der Waals surface area contributed by atoms with Crippen LogP contribution in [-0.4, -0.2) is 22.9 Å². The summed E-state index contributed by atoms with van der Waals surface area (Å²) in [6.45, 7) is 6.24. The molecule has 0 spiro atoms. The van der Waals surface area contributed by atoms with E-state index in [9.17, 15) is 14.4 Å². The van der Waals surface area contributed by atoms with Crippen molar-refractivity contribution in [2.24, 2.45) is 7.05 Å². The molecule has 0 radical (unpaired) electrons. The second kappa shape index (κ2) is 10.1. The summed E-state index contributed by atoms with van der Waals surface area (Å²) >= 11 is 1.23. The highest BCUT2D eigenvalue weighted by Gasteiger charge is 2.20. The summed E-state index contributed by atoms with van der Waals surface area (Å²) in [5.74, 6) is 2.47. The first-order valence-corrected chi connectivity index (χ1v) is 12.1. The van der Waals surface area contributed by atoms with E-state index < -0.39 is 5.91 Å². The van der Waals surface area contributed by atoms with E-state index in [2.05, 4.69) is 10.6 Å². The van der Waals surface area contributed by atoms with Crippen molar-refractivity contribution in [1.82, 2.24) is 9.88 Å². The minimum atomic E-state index is -0.579. The van der Waals surface area contributed by atoms with Crippen LogP contribution in [0.15, 0.2) is 53.5 Å². The second-order valence-electron chi connectivity index (χ2n) is 8.30. The van der Waals surface area contributed by atoms with E-state index in [0.29, 0.717) is 44.1 Å². The molecule has 2 aromatic heterocycles. The molecule has 2 amide bonds. The van der Waals surface area contributed by atoms with E-state index in [0.717, 1.165) is 16.9 Å². The van der Waals surface area contributed by atoms with Crippen LogP contribution < -0.4 is 20.9 Å². The van der Waals surface area contributed by atoms with Gasteiger partial charge in [-0.25, -0.2) is 0 Å². The lowest BCUT2D eigenvalue weighted by Gasteiger charge is -2.17. The third-order valence-corrected chi connectivity index (χ3v) is 6.86. The van der Waals surface area contributed by atoms with E-state index in [4.69, 9.17) is 11.2 Å². The van der Waals surface area contributed by atoms with Gasteiger partial charge in [-0.05, 0) is 62.1 Å². The quantitative estimate of drug-likeness (QED) is 0.366. The van der Waals surface area contributed by atoms with Gasteiger partial charge >= 0.3 is 0 Å². The van der Waals surface area contributed by atoms with Crippen LogP contribution in [0.2, 0.25) is 0 Å². The molecule has 2 aromatic carbocycles. The number of carbonyl (C=O) groups excluding carboxylic acids is 2. The monoisotopic (exact) mass is 499 g/mol. The highest BCUT2D eigenvalue weighted by molar-refractivity contribution is 7.21. The molecule has 36 heavy (non-hydrogen) atoms. The van der Waals surface area contributed by atoms with Crippen LogP contribution in [0.3, 0.4) is 0 Å². The highest BCUT2D eigenvalue weighted by Crippen LogP contribution is 2.41. The Hall–Kier alpha value is -4.35. The van der Waals surface area contributed by atoms with Crippen LogP contribution in [0.1, 0.15) is 27.7 Å². The van der Waals surface area contributed by atoms with Gasteiger partial charge in [-0.15, -0.1) is 17.8 Å². The van der Waals surface area contributed by atoms with Gasteiger partial charge in [0.1, 0.15) is 11.5 Å². The number of aryl methyl sites for hydroxylation is 3. The maximum absolute atomic E-state index is 12.9. The van der Waals surface area contributed by atoms with Crippen LogP contribution in [0.4, 0.5) is 5.69 Å². The number of nitrogens with zero attached hydrogens (tertiary/aromatic N) is 1. The molecule has 0 saturated heterocycles. The molecular weight excluding hydrogens is 474 g/mol. The Balaban J connectivity index is 1.97. The van der Waals surface area contributed by atoms with E-state index in [-0.39, 0.29) is 11.5 Å². The van der Waals surface area contributed by atoms with Crippen molar-refractivity contribution in [2.45, 2.75) is 20.8 Å². The van der Waals surface area contributed by atoms with Crippen LogP contribution >= 0.6 is 11.3 Å². The number of carbonyl (C=O) groups is 2. The third-order valence-electron chi connectivity index (χ3n) is 5.69. The van der Waals surface area contributed by atoms with E-state index in [1.807, 2.05) is 44.9 Å². The fourth-order valence-corrected chi connectivity index (χ4v) is 5.04. The maximum Gasteiger partial charge on any atom is 0.300 e. The Bertz CT molecular complexity index is 1590. The van der Waals surface area contributed by atoms with Gasteiger partial charge in [-0.2, -0.15) is 0 Å². The summed E-state index contributed by atoms with van der Waals surface area (Å²) in [6.07, 6.45) is 6.95. The van der Waals surface area contributed by atoms with Crippen LogP contribution in [0.5, 0.6) is 11.5 Å². The Morgan fingerprint density at radius 3 is 2.50 bits per heavy atom. The summed E-state index contributed by atoms with van der Waals surface area (Å²) in [5.41, 5.74) is 3.51. The van der Waals surface area contributed by atoms with Crippen LogP contribution in [0.25, 0.3) is 21.2 Å². The number of aromatic nitrogens is 1. The molecule has 2 N–H and O–H groups in total. The zero-order valence-corrected chi connectivity index (χ0v) is 21.2. The molecule has 8 heteroatoms. The summed E-state index contributed by atoms with van der Waals surface area (Å²) < 4.78 is 8.53. The average Bonchev–Trinajstić information content (AvgIpc) is 3.30. The lowest BCUT2D eigenvalue weighted by atomic mass is 10.0. The summed E-state index contributed by atoms with van der Waals surface area (Å²) in [7, 11) is 1.66. The first-order valence-electron chi connectivity index (χ1n) is 11.3. The van der Waals surface area contributed by atoms with Gasteiger partial charge in [-0.3, -0.25) is 14.4 Å².